The fourth-order valence-corrected chi connectivity index (χ4v) is 1.38. The van der Waals surface area contributed by atoms with Gasteiger partial charge in [-0.2, -0.15) is 0 Å². The number of carbonyl (C=O) groups excluding carboxylic acids is 1. The summed E-state index contributed by atoms with van der Waals surface area (Å²) in [7, 11) is 0. The third kappa shape index (κ3) is 3.23. The summed E-state index contributed by atoms with van der Waals surface area (Å²) in [5, 5.41) is 0. The molecule has 16 heavy (non-hydrogen) atoms. The van der Waals surface area contributed by atoms with Gasteiger partial charge in [0.15, 0.2) is 5.78 Å². The Morgan fingerprint density at radius 2 is 2.19 bits per heavy atom. The van der Waals surface area contributed by atoms with E-state index in [1.54, 1.807) is 6.07 Å². The van der Waals surface area contributed by atoms with E-state index >= 15 is 0 Å². The molecular weight excluding hydrogens is 200 g/mol. The summed E-state index contributed by atoms with van der Waals surface area (Å²) in [4.78, 5) is 11.5. The predicted octanol–water partition coefficient (Wildman–Crippen LogP) is 3.40. The van der Waals surface area contributed by atoms with Gasteiger partial charge >= 0.3 is 0 Å². The third-order valence-corrected chi connectivity index (χ3v) is 2.23. The number of hydrogen-bond acceptors (Lipinski definition) is 2. The molecule has 0 radical (unpaired) electrons. The van der Waals surface area contributed by atoms with Crippen LogP contribution in [0, 0.1) is 12.8 Å². The van der Waals surface area contributed by atoms with Gasteiger partial charge in [-0.25, -0.2) is 0 Å². The summed E-state index contributed by atoms with van der Waals surface area (Å²) in [6, 6.07) is 5.50. The Morgan fingerprint density at radius 1 is 1.50 bits per heavy atom. The molecule has 0 N–H and O–H groups in total. The van der Waals surface area contributed by atoms with Gasteiger partial charge in [-0.1, -0.05) is 20.4 Å². The van der Waals surface area contributed by atoms with Crippen LogP contribution in [0.1, 0.15) is 29.8 Å². The van der Waals surface area contributed by atoms with Gasteiger partial charge in [0.2, 0.25) is 0 Å². The van der Waals surface area contributed by atoms with Crippen LogP contribution in [0.2, 0.25) is 0 Å². The molecule has 2 heteroatoms. The van der Waals surface area contributed by atoms with Crippen molar-refractivity contribution in [1.29, 1.82) is 0 Å². The smallest absolute Gasteiger partial charge is 0.185 e. The molecule has 86 valence electrons. The zero-order valence-electron chi connectivity index (χ0n) is 10.1. The minimum atomic E-state index is -0.0482. The minimum Gasteiger partial charge on any atom is -0.493 e. The monoisotopic (exact) mass is 218 g/mol. The van der Waals surface area contributed by atoms with Crippen molar-refractivity contribution in [2.24, 2.45) is 5.92 Å². The number of hydrogen-bond donors (Lipinski definition) is 0. The molecule has 0 aliphatic rings. The van der Waals surface area contributed by atoms with Crippen LogP contribution in [0.25, 0.3) is 0 Å². The van der Waals surface area contributed by atoms with Gasteiger partial charge < -0.3 is 4.74 Å². The Kier molecular flexibility index (Phi) is 4.29. The molecule has 0 aromatic heterocycles. The van der Waals surface area contributed by atoms with Crippen molar-refractivity contribution in [2.45, 2.75) is 20.8 Å². The highest BCUT2D eigenvalue weighted by atomic mass is 16.5. The highest BCUT2D eigenvalue weighted by molar-refractivity contribution is 6.05. The molecule has 0 heterocycles. The number of ketones is 1. The van der Waals surface area contributed by atoms with Crippen molar-refractivity contribution >= 4 is 5.78 Å². The molecule has 0 unspecified atom stereocenters. The van der Waals surface area contributed by atoms with E-state index in [2.05, 4.69) is 20.4 Å². The van der Waals surface area contributed by atoms with Crippen molar-refractivity contribution in [1.82, 2.24) is 0 Å². The van der Waals surface area contributed by atoms with Crippen LogP contribution in [-0.4, -0.2) is 12.4 Å². The zero-order chi connectivity index (χ0) is 12.1. The fraction of sp³-hybridized carbons (Fsp3) is 0.357. The molecule has 0 aliphatic heterocycles. The summed E-state index contributed by atoms with van der Waals surface area (Å²) in [6.45, 7) is 10.3. The maximum absolute atomic E-state index is 11.5. The average molecular weight is 218 g/mol. The summed E-state index contributed by atoms with van der Waals surface area (Å²) in [6.07, 6.45) is 1.33. The number of rotatable bonds is 5. The number of benzene rings is 1. The van der Waals surface area contributed by atoms with Crippen LogP contribution in [0.5, 0.6) is 5.75 Å². The molecule has 0 fully saturated rings. The van der Waals surface area contributed by atoms with Gasteiger partial charge in [0.25, 0.3) is 0 Å². The van der Waals surface area contributed by atoms with E-state index in [4.69, 9.17) is 4.74 Å². The number of allylic oxidation sites excluding steroid dienone is 1. The molecule has 0 amide bonds. The Labute approximate surface area is 96.9 Å². The Balaban J connectivity index is 2.82. The van der Waals surface area contributed by atoms with Gasteiger partial charge in [-0.3, -0.25) is 4.79 Å². The molecule has 0 aliphatic carbocycles. The summed E-state index contributed by atoms with van der Waals surface area (Å²) < 4.78 is 5.58. The maximum atomic E-state index is 11.5. The highest BCUT2D eigenvalue weighted by Crippen LogP contribution is 2.18. The molecule has 0 spiro atoms. The fourth-order valence-electron chi connectivity index (χ4n) is 1.38. The van der Waals surface area contributed by atoms with E-state index in [0.717, 1.165) is 11.3 Å². The van der Waals surface area contributed by atoms with Crippen molar-refractivity contribution < 1.29 is 9.53 Å². The first kappa shape index (κ1) is 12.5. The third-order valence-electron chi connectivity index (χ3n) is 2.23. The second-order valence-electron chi connectivity index (χ2n) is 4.25. The second kappa shape index (κ2) is 5.50. The van der Waals surface area contributed by atoms with E-state index in [1.165, 1.54) is 6.08 Å². The molecule has 2 nitrogen and oxygen atoms in total. The quantitative estimate of drug-likeness (QED) is 0.559. The summed E-state index contributed by atoms with van der Waals surface area (Å²) >= 11 is 0. The van der Waals surface area contributed by atoms with Crippen LogP contribution in [-0.2, 0) is 0 Å². The van der Waals surface area contributed by atoms with E-state index in [1.807, 2.05) is 19.1 Å². The van der Waals surface area contributed by atoms with Gasteiger partial charge in [0.1, 0.15) is 5.75 Å². The van der Waals surface area contributed by atoms with Crippen molar-refractivity contribution in [2.75, 3.05) is 6.61 Å². The van der Waals surface area contributed by atoms with Gasteiger partial charge in [0, 0.05) is 5.56 Å². The lowest BCUT2D eigenvalue weighted by Crippen LogP contribution is -2.05. The van der Waals surface area contributed by atoms with Gasteiger partial charge in [-0.15, -0.1) is 0 Å². The lowest BCUT2D eigenvalue weighted by molar-refractivity contribution is 0.104. The zero-order valence-corrected chi connectivity index (χ0v) is 10.1. The van der Waals surface area contributed by atoms with Crippen LogP contribution in [0.15, 0.2) is 30.9 Å². The predicted molar refractivity (Wildman–Crippen MR) is 66.0 cm³/mol. The van der Waals surface area contributed by atoms with Crippen LogP contribution in [0.4, 0.5) is 0 Å². The van der Waals surface area contributed by atoms with Crippen LogP contribution in [0.3, 0.4) is 0 Å². The highest BCUT2D eigenvalue weighted by Gasteiger charge is 2.06. The molecule has 1 aromatic rings. The first-order valence-electron chi connectivity index (χ1n) is 5.44. The number of carbonyl (C=O) groups is 1. The Bertz CT molecular complexity index is 392. The topological polar surface area (TPSA) is 26.3 Å². The maximum Gasteiger partial charge on any atom is 0.185 e. The normalized spacial score (nSPS) is 10.2. The van der Waals surface area contributed by atoms with Gasteiger partial charge in [-0.05, 0) is 42.7 Å². The molecule has 0 saturated carbocycles. The first-order chi connectivity index (χ1) is 7.54. The SMILES string of the molecule is C=CC(=O)c1ccc(OCC(C)C)cc1C. The minimum absolute atomic E-state index is 0.0482. The largest absolute Gasteiger partial charge is 0.493 e. The van der Waals surface area contributed by atoms with Crippen LogP contribution < -0.4 is 4.74 Å². The van der Waals surface area contributed by atoms with E-state index in [-0.39, 0.29) is 5.78 Å². The summed E-state index contributed by atoms with van der Waals surface area (Å²) in [5.74, 6) is 1.26. The lowest BCUT2D eigenvalue weighted by Gasteiger charge is -2.10. The molecule has 0 saturated heterocycles. The second-order valence-corrected chi connectivity index (χ2v) is 4.25. The van der Waals surface area contributed by atoms with E-state index < -0.39 is 0 Å². The van der Waals surface area contributed by atoms with Crippen molar-refractivity contribution in [3.63, 3.8) is 0 Å². The average Bonchev–Trinajstić information content (AvgIpc) is 2.25. The number of aryl methyl sites for hydroxylation is 1. The Hall–Kier alpha value is -1.57. The van der Waals surface area contributed by atoms with Crippen molar-refractivity contribution in [3.05, 3.63) is 42.0 Å². The van der Waals surface area contributed by atoms with Gasteiger partial charge in [0.05, 0.1) is 6.61 Å². The van der Waals surface area contributed by atoms with Crippen molar-refractivity contribution in [3.8, 4) is 5.75 Å². The lowest BCUT2D eigenvalue weighted by atomic mass is 10.0. The Morgan fingerprint density at radius 3 is 2.69 bits per heavy atom. The van der Waals surface area contributed by atoms with E-state index in [0.29, 0.717) is 18.1 Å². The summed E-state index contributed by atoms with van der Waals surface area (Å²) in [5.41, 5.74) is 1.61. The molecule has 0 bridgehead atoms. The standard InChI is InChI=1S/C14H18O2/c1-5-14(15)13-7-6-12(8-11(13)4)16-9-10(2)3/h5-8,10H,1,9H2,2-4H3. The van der Waals surface area contributed by atoms with E-state index in [9.17, 15) is 4.79 Å². The molecule has 1 rings (SSSR count). The molecule has 0 atom stereocenters. The number of ether oxygens (including phenoxy) is 1. The van der Waals surface area contributed by atoms with Crippen LogP contribution >= 0.6 is 0 Å². The molecular formula is C14H18O2. The molecule has 1 aromatic carbocycles. The first-order valence-corrected chi connectivity index (χ1v) is 5.44.